The Labute approximate surface area is 211 Å². The first-order chi connectivity index (χ1) is 17.0. The molecular weight excluding hydrogens is 538 g/mol. The van der Waals surface area contributed by atoms with E-state index in [1.165, 1.54) is 5.69 Å². The molecule has 1 aliphatic rings. The zero-order valence-corrected chi connectivity index (χ0v) is 20.8. The summed E-state index contributed by atoms with van der Waals surface area (Å²) < 4.78 is 71.3. The molecule has 0 bridgehead atoms. The Hall–Kier alpha value is -2.83. The minimum atomic E-state index is -5.08. The molecule has 3 rings (SSSR count). The quantitative estimate of drug-likeness (QED) is 0.381. The molecule has 2 aromatic rings. The molecule has 0 saturated carbocycles. The largest absolute Gasteiger partial charge is 0.490 e. The van der Waals surface area contributed by atoms with E-state index >= 15 is 0 Å². The van der Waals surface area contributed by atoms with Crippen LogP contribution in [0.5, 0.6) is 0 Å². The number of carboxylic acids is 2. The smallest absolute Gasteiger partial charge is 0.475 e. The SMILES string of the molecule is CN(C)CCOCC1CN(Cc2nccs2)Cc2nnn(C)c21.O=C(O)C(F)(F)F.O=C(O)C(F)(F)F. The van der Waals surface area contributed by atoms with Crippen molar-refractivity contribution in [2.45, 2.75) is 31.4 Å². The Morgan fingerprint density at radius 1 is 1.16 bits per heavy atom. The van der Waals surface area contributed by atoms with Gasteiger partial charge >= 0.3 is 24.3 Å². The van der Waals surface area contributed by atoms with E-state index in [0.29, 0.717) is 12.5 Å². The zero-order chi connectivity index (χ0) is 28.4. The van der Waals surface area contributed by atoms with Crippen LogP contribution in [0.1, 0.15) is 22.3 Å². The number of aromatic nitrogens is 4. The average molecular weight is 565 g/mol. The maximum absolute atomic E-state index is 10.6. The number of rotatable bonds is 7. The van der Waals surface area contributed by atoms with Gasteiger partial charge in [0.1, 0.15) is 10.7 Å². The molecule has 3 heterocycles. The number of hydrogen-bond donors (Lipinski definition) is 2. The molecule has 11 nitrogen and oxygen atoms in total. The lowest BCUT2D eigenvalue weighted by Gasteiger charge is -2.31. The second-order valence-corrected chi connectivity index (χ2v) is 8.80. The second-order valence-electron chi connectivity index (χ2n) is 7.82. The highest BCUT2D eigenvalue weighted by atomic mass is 32.1. The molecule has 0 aliphatic carbocycles. The van der Waals surface area contributed by atoms with Crippen molar-refractivity contribution in [3.05, 3.63) is 28.0 Å². The van der Waals surface area contributed by atoms with Gasteiger partial charge < -0.3 is 19.8 Å². The molecule has 2 N–H and O–H groups in total. The van der Waals surface area contributed by atoms with Gasteiger partial charge in [0.2, 0.25) is 0 Å². The van der Waals surface area contributed by atoms with Gasteiger partial charge in [-0.05, 0) is 14.1 Å². The lowest BCUT2D eigenvalue weighted by Crippen LogP contribution is -2.36. The molecule has 210 valence electrons. The number of aryl methyl sites for hydroxylation is 1. The van der Waals surface area contributed by atoms with E-state index < -0.39 is 24.3 Å². The van der Waals surface area contributed by atoms with Crippen molar-refractivity contribution >= 4 is 23.3 Å². The van der Waals surface area contributed by atoms with E-state index in [-0.39, 0.29) is 0 Å². The number of hydrogen-bond acceptors (Lipinski definition) is 9. The number of thiazole rings is 1. The van der Waals surface area contributed by atoms with E-state index in [2.05, 4.69) is 39.2 Å². The fraction of sp³-hybridized carbons (Fsp3) is 0.632. The maximum atomic E-state index is 10.6. The van der Waals surface area contributed by atoms with Gasteiger partial charge in [0.25, 0.3) is 0 Å². The van der Waals surface area contributed by atoms with Crippen molar-refractivity contribution in [1.82, 2.24) is 29.8 Å². The topological polar surface area (TPSA) is 134 Å². The summed E-state index contributed by atoms with van der Waals surface area (Å²) in [6.45, 7) is 5.04. The van der Waals surface area contributed by atoms with Crippen LogP contribution >= 0.6 is 11.3 Å². The van der Waals surface area contributed by atoms with E-state index in [4.69, 9.17) is 24.5 Å². The summed E-state index contributed by atoms with van der Waals surface area (Å²) in [6, 6.07) is 0. The molecule has 1 unspecified atom stereocenters. The molecule has 0 saturated heterocycles. The van der Waals surface area contributed by atoms with Gasteiger partial charge in [-0.1, -0.05) is 5.21 Å². The van der Waals surface area contributed by atoms with Crippen molar-refractivity contribution in [3.63, 3.8) is 0 Å². The molecule has 0 aromatic carbocycles. The fourth-order valence-electron chi connectivity index (χ4n) is 2.94. The molecule has 0 amide bonds. The number of nitrogens with zero attached hydrogens (tertiary/aromatic N) is 6. The van der Waals surface area contributed by atoms with E-state index in [9.17, 15) is 26.3 Å². The van der Waals surface area contributed by atoms with Gasteiger partial charge in [-0.15, -0.1) is 16.4 Å². The molecule has 1 atom stereocenters. The Morgan fingerprint density at radius 3 is 2.19 bits per heavy atom. The van der Waals surface area contributed by atoms with Crippen LogP contribution < -0.4 is 0 Å². The van der Waals surface area contributed by atoms with Crippen LogP contribution in [0.3, 0.4) is 0 Å². The molecule has 37 heavy (non-hydrogen) atoms. The molecule has 18 heteroatoms. The van der Waals surface area contributed by atoms with Crippen molar-refractivity contribution < 1.29 is 50.9 Å². The van der Waals surface area contributed by atoms with Crippen LogP contribution in [0.15, 0.2) is 11.6 Å². The number of likely N-dealkylation sites (N-methyl/N-ethyl adjacent to an activating group) is 1. The van der Waals surface area contributed by atoms with Crippen LogP contribution in [-0.2, 0) is 34.5 Å². The van der Waals surface area contributed by atoms with Crippen LogP contribution in [-0.4, -0.2) is 105 Å². The number of halogens is 6. The highest BCUT2D eigenvalue weighted by Crippen LogP contribution is 2.28. The van der Waals surface area contributed by atoms with Gasteiger partial charge in [0.05, 0.1) is 25.5 Å². The number of carboxylic acid groups (broad SMARTS) is 2. The second kappa shape index (κ2) is 14.2. The highest BCUT2D eigenvalue weighted by molar-refractivity contribution is 7.09. The Bertz CT molecular complexity index is 959. The first-order valence-electron chi connectivity index (χ1n) is 10.3. The van der Waals surface area contributed by atoms with Gasteiger partial charge in [-0.3, -0.25) is 9.58 Å². The minimum absolute atomic E-state index is 0.306. The summed E-state index contributed by atoms with van der Waals surface area (Å²) in [6.07, 6.45) is -8.31. The third kappa shape index (κ3) is 11.8. The van der Waals surface area contributed by atoms with Gasteiger partial charge in [-0.2, -0.15) is 26.3 Å². The summed E-state index contributed by atoms with van der Waals surface area (Å²) in [5.74, 6) is -5.21. The van der Waals surface area contributed by atoms with Crippen molar-refractivity contribution in [2.75, 3.05) is 40.4 Å². The average Bonchev–Trinajstić information content (AvgIpc) is 3.40. The third-order valence-electron chi connectivity index (χ3n) is 4.51. The molecule has 2 aromatic heterocycles. The molecule has 1 aliphatic heterocycles. The summed E-state index contributed by atoms with van der Waals surface area (Å²) in [7, 11) is 6.08. The number of fused-ring (bicyclic) bond motifs is 1. The molecule has 0 radical (unpaired) electrons. The van der Waals surface area contributed by atoms with Crippen molar-refractivity contribution in [2.24, 2.45) is 7.05 Å². The highest BCUT2D eigenvalue weighted by Gasteiger charge is 2.39. The van der Waals surface area contributed by atoms with Gasteiger partial charge in [0, 0.05) is 44.2 Å². The predicted octanol–water partition coefficient (Wildman–Crippen LogP) is 2.22. The summed E-state index contributed by atoms with van der Waals surface area (Å²) in [5, 5.41) is 25.9. The molecular formula is C19H26F6N6O5S. The van der Waals surface area contributed by atoms with Gasteiger partial charge in [0.15, 0.2) is 0 Å². The van der Waals surface area contributed by atoms with Crippen LogP contribution in [0.4, 0.5) is 26.3 Å². The third-order valence-corrected chi connectivity index (χ3v) is 5.28. The predicted molar refractivity (Wildman–Crippen MR) is 117 cm³/mol. The number of ether oxygens (including phenoxy) is 1. The molecule has 0 fully saturated rings. The maximum Gasteiger partial charge on any atom is 0.490 e. The standard InChI is InChI=1S/C15H24N6OS.2C2HF3O2/c1-19(2)5-6-22-11-12-8-21(10-14-16-4-7-23-14)9-13-15(12)20(3)18-17-13;2*3-2(4,5)1(6)7/h4,7,12H,5-6,8-11H2,1-3H3;2*(H,6,7). The number of aliphatic carboxylic acids is 2. The fourth-order valence-corrected chi connectivity index (χ4v) is 3.60. The lowest BCUT2D eigenvalue weighted by molar-refractivity contribution is -0.193. The van der Waals surface area contributed by atoms with Crippen LogP contribution in [0, 0.1) is 0 Å². The lowest BCUT2D eigenvalue weighted by atomic mass is 9.99. The summed E-state index contributed by atoms with van der Waals surface area (Å²) in [4.78, 5) is 26.7. The summed E-state index contributed by atoms with van der Waals surface area (Å²) in [5.41, 5.74) is 2.28. The van der Waals surface area contributed by atoms with Crippen molar-refractivity contribution in [1.29, 1.82) is 0 Å². The van der Waals surface area contributed by atoms with E-state index in [1.54, 1.807) is 11.3 Å². The Kier molecular flexibility index (Phi) is 12.4. The van der Waals surface area contributed by atoms with Crippen LogP contribution in [0.25, 0.3) is 0 Å². The zero-order valence-electron chi connectivity index (χ0n) is 20.0. The monoisotopic (exact) mass is 564 g/mol. The first-order valence-corrected chi connectivity index (χ1v) is 11.2. The van der Waals surface area contributed by atoms with Crippen molar-refractivity contribution in [3.8, 4) is 0 Å². The van der Waals surface area contributed by atoms with Gasteiger partial charge in [-0.25, -0.2) is 14.6 Å². The Morgan fingerprint density at radius 2 is 1.73 bits per heavy atom. The number of alkyl halides is 6. The van der Waals surface area contributed by atoms with E-state index in [1.807, 2.05) is 23.3 Å². The first kappa shape index (κ1) is 32.2. The normalized spacial score (nSPS) is 15.8. The minimum Gasteiger partial charge on any atom is -0.475 e. The Balaban J connectivity index is 0.000000404. The molecule has 0 spiro atoms. The van der Waals surface area contributed by atoms with E-state index in [0.717, 1.165) is 43.5 Å². The van der Waals surface area contributed by atoms with Crippen LogP contribution in [0.2, 0.25) is 0 Å². The summed E-state index contributed by atoms with van der Waals surface area (Å²) >= 11 is 1.70. The number of carbonyl (C=O) groups is 2.